The lowest BCUT2D eigenvalue weighted by Crippen LogP contribution is -2.09. The summed E-state index contributed by atoms with van der Waals surface area (Å²) in [5.74, 6) is 3.22. The van der Waals surface area contributed by atoms with Crippen LogP contribution in [0.25, 0.3) is 10.9 Å². The highest BCUT2D eigenvalue weighted by Crippen LogP contribution is 2.33. The van der Waals surface area contributed by atoms with Crippen LogP contribution in [-0.2, 0) is 12.8 Å². The maximum atomic E-state index is 5.39. The van der Waals surface area contributed by atoms with Crippen LogP contribution < -0.4 is 10.2 Å². The monoisotopic (exact) mass is 391 g/mol. The first-order chi connectivity index (χ1) is 13.3. The number of hydrogen-bond acceptors (Lipinski definition) is 4. The first-order valence-corrected chi connectivity index (χ1v) is 9.21. The number of hydrogen-bond donors (Lipinski definition) is 1. The molecule has 0 atom stereocenters. The smallest absolute Gasteiger partial charge is 0.148 e. The molecule has 1 heterocycles. The van der Waals surface area contributed by atoms with Gasteiger partial charge < -0.3 is 4.74 Å². The predicted molar refractivity (Wildman–Crippen MR) is 118 cm³/mol. The Morgan fingerprint density at radius 2 is 1.89 bits per heavy atom. The molecule has 1 aromatic heterocycles. The van der Waals surface area contributed by atoms with E-state index in [9.17, 15) is 0 Å². The zero-order valence-corrected chi connectivity index (χ0v) is 16.3. The fourth-order valence-corrected chi connectivity index (χ4v) is 3.45. The van der Waals surface area contributed by atoms with Crippen molar-refractivity contribution in [3.63, 3.8) is 0 Å². The molecule has 0 radical (unpaired) electrons. The maximum Gasteiger partial charge on any atom is 0.148 e. The van der Waals surface area contributed by atoms with Gasteiger partial charge in [0.15, 0.2) is 0 Å². The van der Waals surface area contributed by atoms with Crippen LogP contribution in [-0.4, -0.2) is 17.8 Å². The molecule has 4 rings (SSSR count). The van der Waals surface area contributed by atoms with Gasteiger partial charge in [-0.3, -0.25) is 10.4 Å². The first-order valence-electron chi connectivity index (χ1n) is 9.21. The third kappa shape index (κ3) is 4.27. The molecule has 142 valence electrons. The Morgan fingerprint density at radius 3 is 2.71 bits per heavy atom. The number of hydrazone groups is 1. The van der Waals surface area contributed by atoms with Crippen molar-refractivity contribution in [3.05, 3.63) is 65.4 Å². The lowest BCUT2D eigenvalue weighted by atomic mass is 9.93. The predicted octanol–water partition coefficient (Wildman–Crippen LogP) is 4.99. The molecule has 0 saturated heterocycles. The zero-order chi connectivity index (χ0) is 18.5. The summed E-state index contributed by atoms with van der Waals surface area (Å²) in [6, 6.07) is 15.9. The summed E-state index contributed by atoms with van der Waals surface area (Å²) in [6.45, 7) is 0.273. The third-order valence-electron chi connectivity index (χ3n) is 4.76. The van der Waals surface area contributed by atoms with E-state index in [-0.39, 0.29) is 19.0 Å². The summed E-state index contributed by atoms with van der Waals surface area (Å²) in [6.07, 6.45) is 11.5. The Balaban J connectivity index is 0.00000225. The van der Waals surface area contributed by atoms with Crippen LogP contribution in [0.5, 0.6) is 5.75 Å². The molecule has 0 bridgehead atoms. The fraction of sp³-hybridized carbons (Fsp3) is 0.217. The quantitative estimate of drug-likeness (QED) is 0.378. The molecule has 1 aliphatic carbocycles. The lowest BCUT2D eigenvalue weighted by molar-refractivity contribution is 0.370. The Bertz CT molecular complexity index is 1020. The van der Waals surface area contributed by atoms with Crippen LogP contribution in [0.1, 0.15) is 29.7 Å². The molecule has 0 aliphatic heterocycles. The number of nitrogens with one attached hydrogen (secondary N) is 1. The largest absolute Gasteiger partial charge is 0.481 e. The number of fused-ring (bicyclic) bond motifs is 2. The van der Waals surface area contributed by atoms with Gasteiger partial charge in [-0.1, -0.05) is 24.1 Å². The minimum absolute atomic E-state index is 0. The second-order valence-corrected chi connectivity index (χ2v) is 6.57. The number of para-hydroxylation sites is 1. The highest BCUT2D eigenvalue weighted by Gasteiger charge is 2.17. The molecule has 0 saturated carbocycles. The summed E-state index contributed by atoms with van der Waals surface area (Å²) < 4.78 is 5.39. The molecule has 0 spiro atoms. The van der Waals surface area contributed by atoms with E-state index >= 15 is 0 Å². The first kappa shape index (κ1) is 19.7. The van der Waals surface area contributed by atoms with E-state index in [1.54, 1.807) is 0 Å². The van der Waals surface area contributed by atoms with E-state index < -0.39 is 0 Å². The van der Waals surface area contributed by atoms with Crippen molar-refractivity contribution in [1.82, 2.24) is 4.98 Å². The molecule has 2 aromatic carbocycles. The Labute approximate surface area is 171 Å². The van der Waals surface area contributed by atoms with Crippen LogP contribution in [0.4, 0.5) is 5.69 Å². The average Bonchev–Trinajstić information content (AvgIpc) is 2.72. The van der Waals surface area contributed by atoms with Gasteiger partial charge in [0.05, 0.1) is 17.4 Å². The number of nitrogens with zero attached hydrogens (tertiary/aromatic N) is 2. The SMILES string of the molecule is C#CCOc1ccc(/C=N/Nc2c3c(nc4ccccc24)CCCC3)cc1.Cl. The van der Waals surface area contributed by atoms with Crippen LogP contribution >= 0.6 is 12.4 Å². The lowest BCUT2D eigenvalue weighted by Gasteiger charge is -2.20. The maximum absolute atomic E-state index is 5.39. The van der Waals surface area contributed by atoms with Gasteiger partial charge in [-0.2, -0.15) is 5.10 Å². The number of halogens is 1. The standard InChI is InChI=1S/C23H21N3O.ClH/c1-2-15-27-18-13-11-17(12-14-18)16-24-26-23-19-7-3-5-9-21(19)25-22-10-6-4-8-20(22)23;/h1,3,5,7,9,11-14,16H,4,6,8,10,15H2,(H,25,26);1H/b24-16+;. The number of pyridine rings is 1. The van der Waals surface area contributed by atoms with Crippen LogP contribution in [0.3, 0.4) is 0 Å². The molecule has 1 N–H and O–H groups in total. The van der Waals surface area contributed by atoms with E-state index in [1.807, 2.05) is 42.6 Å². The normalized spacial score (nSPS) is 12.8. The topological polar surface area (TPSA) is 46.5 Å². The number of aryl methyl sites for hydroxylation is 1. The van der Waals surface area contributed by atoms with Crippen molar-refractivity contribution in [2.45, 2.75) is 25.7 Å². The molecule has 0 fully saturated rings. The summed E-state index contributed by atoms with van der Waals surface area (Å²) in [5, 5.41) is 5.60. The highest BCUT2D eigenvalue weighted by molar-refractivity contribution is 5.94. The van der Waals surface area contributed by atoms with Crippen LogP contribution in [0.15, 0.2) is 53.6 Å². The summed E-state index contributed by atoms with van der Waals surface area (Å²) >= 11 is 0. The van der Waals surface area contributed by atoms with E-state index in [0.717, 1.165) is 40.7 Å². The molecule has 5 heteroatoms. The number of anilines is 1. The summed E-state index contributed by atoms with van der Waals surface area (Å²) in [7, 11) is 0. The van der Waals surface area contributed by atoms with Crippen molar-refractivity contribution < 1.29 is 4.74 Å². The number of aromatic nitrogens is 1. The highest BCUT2D eigenvalue weighted by atomic mass is 35.5. The van der Waals surface area contributed by atoms with Gasteiger partial charge in [-0.25, -0.2) is 0 Å². The number of rotatable bonds is 5. The van der Waals surface area contributed by atoms with Crippen molar-refractivity contribution in [2.24, 2.45) is 5.10 Å². The third-order valence-corrected chi connectivity index (χ3v) is 4.76. The van der Waals surface area contributed by atoms with Crippen molar-refractivity contribution in [1.29, 1.82) is 0 Å². The average molecular weight is 392 g/mol. The summed E-state index contributed by atoms with van der Waals surface area (Å²) in [5.41, 5.74) is 8.88. The second kappa shape index (κ2) is 9.25. The van der Waals surface area contributed by atoms with E-state index in [1.165, 1.54) is 24.1 Å². The Hall–Kier alpha value is -3.03. The van der Waals surface area contributed by atoms with Gasteiger partial charge >= 0.3 is 0 Å². The van der Waals surface area contributed by atoms with Crippen molar-refractivity contribution in [2.75, 3.05) is 12.0 Å². The zero-order valence-electron chi connectivity index (χ0n) is 15.5. The van der Waals surface area contributed by atoms with Gasteiger partial charge in [-0.05, 0) is 67.1 Å². The number of ether oxygens (including phenoxy) is 1. The molecule has 4 nitrogen and oxygen atoms in total. The number of terminal acetylenes is 1. The molecule has 1 aliphatic rings. The van der Waals surface area contributed by atoms with Gasteiger partial charge in [0, 0.05) is 11.1 Å². The summed E-state index contributed by atoms with van der Waals surface area (Å²) in [4.78, 5) is 4.86. The van der Waals surface area contributed by atoms with Crippen molar-refractivity contribution in [3.8, 4) is 18.1 Å². The molecule has 3 aromatic rings. The Kier molecular flexibility index (Phi) is 6.52. The van der Waals surface area contributed by atoms with Gasteiger partial charge in [0.2, 0.25) is 0 Å². The van der Waals surface area contributed by atoms with Gasteiger partial charge in [0.1, 0.15) is 12.4 Å². The van der Waals surface area contributed by atoms with Crippen LogP contribution in [0.2, 0.25) is 0 Å². The van der Waals surface area contributed by atoms with Gasteiger partial charge in [0.25, 0.3) is 0 Å². The molecular formula is C23H22ClN3O. The van der Waals surface area contributed by atoms with Crippen molar-refractivity contribution >= 4 is 35.2 Å². The van der Waals surface area contributed by atoms with E-state index in [2.05, 4.69) is 28.6 Å². The molecule has 28 heavy (non-hydrogen) atoms. The molecule has 0 unspecified atom stereocenters. The Morgan fingerprint density at radius 1 is 1.11 bits per heavy atom. The number of benzene rings is 2. The van der Waals surface area contributed by atoms with E-state index in [0.29, 0.717) is 0 Å². The second-order valence-electron chi connectivity index (χ2n) is 6.57. The van der Waals surface area contributed by atoms with Gasteiger partial charge in [-0.15, -0.1) is 18.8 Å². The minimum atomic E-state index is 0. The minimum Gasteiger partial charge on any atom is -0.481 e. The van der Waals surface area contributed by atoms with E-state index in [4.69, 9.17) is 16.1 Å². The fourth-order valence-electron chi connectivity index (χ4n) is 3.45. The molecular weight excluding hydrogens is 370 g/mol. The van der Waals surface area contributed by atoms with Crippen LogP contribution in [0, 0.1) is 12.3 Å². The molecule has 0 amide bonds.